The number of H-pyrrole nitrogens is 1. The molecule has 0 atom stereocenters. The van der Waals surface area contributed by atoms with Gasteiger partial charge in [-0.15, -0.1) is 0 Å². The lowest BCUT2D eigenvalue weighted by molar-refractivity contribution is 0.185. The van der Waals surface area contributed by atoms with E-state index in [-0.39, 0.29) is 5.82 Å². The van der Waals surface area contributed by atoms with Crippen LogP contribution in [-0.2, 0) is 11.3 Å². The summed E-state index contributed by atoms with van der Waals surface area (Å²) in [5.74, 6) is -0.284. The highest BCUT2D eigenvalue weighted by atomic mass is 32.1. The van der Waals surface area contributed by atoms with Crippen molar-refractivity contribution in [3.8, 4) is 5.69 Å². The average Bonchev–Trinajstić information content (AvgIpc) is 2.75. The number of rotatable bonds is 3. The minimum Gasteiger partial charge on any atom is -0.380 e. The van der Waals surface area contributed by atoms with E-state index < -0.39 is 0 Å². The van der Waals surface area contributed by atoms with Crippen LogP contribution < -0.4 is 0 Å². The highest BCUT2D eigenvalue weighted by Crippen LogP contribution is 2.21. The first-order chi connectivity index (χ1) is 9.69. The van der Waals surface area contributed by atoms with Crippen LogP contribution >= 0.6 is 12.2 Å². The molecule has 3 aromatic rings. The molecule has 0 aliphatic carbocycles. The number of halogens is 1. The Morgan fingerprint density at radius 3 is 2.90 bits per heavy atom. The number of nitrogens with zero attached hydrogens (tertiary/aromatic N) is 1. The summed E-state index contributed by atoms with van der Waals surface area (Å²) >= 11 is 5.34. The predicted molar refractivity (Wildman–Crippen MR) is 79.1 cm³/mol. The summed E-state index contributed by atoms with van der Waals surface area (Å²) in [6.07, 6.45) is 0. The van der Waals surface area contributed by atoms with Gasteiger partial charge in [-0.3, -0.25) is 4.57 Å². The molecule has 0 saturated carbocycles. The van der Waals surface area contributed by atoms with Crippen molar-refractivity contribution in [3.05, 3.63) is 58.6 Å². The Morgan fingerprint density at radius 2 is 2.10 bits per heavy atom. The van der Waals surface area contributed by atoms with E-state index in [9.17, 15) is 4.39 Å². The van der Waals surface area contributed by atoms with Gasteiger partial charge in [-0.2, -0.15) is 0 Å². The Hall–Kier alpha value is -1.98. The number of ether oxygens (including phenoxy) is 1. The molecule has 0 unspecified atom stereocenters. The molecule has 5 heteroatoms. The lowest BCUT2D eigenvalue weighted by Crippen LogP contribution is -1.96. The van der Waals surface area contributed by atoms with E-state index >= 15 is 0 Å². The zero-order valence-corrected chi connectivity index (χ0v) is 11.7. The molecule has 0 amide bonds. The SMILES string of the molecule is COCc1cccc(-n2c(=S)[nH]c3ccc(F)cc32)c1. The predicted octanol–water partition coefficient (Wildman–Crippen LogP) is 3.97. The summed E-state index contributed by atoms with van der Waals surface area (Å²) in [4.78, 5) is 3.08. The van der Waals surface area contributed by atoms with Crippen LogP contribution in [0.2, 0.25) is 0 Å². The molecule has 3 nitrogen and oxygen atoms in total. The Bertz CT molecular complexity index is 822. The van der Waals surface area contributed by atoms with E-state index in [4.69, 9.17) is 17.0 Å². The third-order valence-corrected chi connectivity index (χ3v) is 3.41. The lowest BCUT2D eigenvalue weighted by Gasteiger charge is -2.07. The number of benzene rings is 2. The van der Waals surface area contributed by atoms with E-state index in [0.717, 1.165) is 22.3 Å². The van der Waals surface area contributed by atoms with Crippen LogP contribution in [0.4, 0.5) is 4.39 Å². The Labute approximate surface area is 120 Å². The number of aromatic nitrogens is 2. The third kappa shape index (κ3) is 2.26. The summed E-state index contributed by atoms with van der Waals surface area (Å²) in [6.45, 7) is 0.526. The van der Waals surface area contributed by atoms with Gasteiger partial charge in [-0.05, 0) is 42.0 Å². The number of imidazole rings is 1. The number of methoxy groups -OCH3 is 1. The Kier molecular flexibility index (Phi) is 3.38. The first-order valence-corrected chi connectivity index (χ1v) is 6.58. The van der Waals surface area contributed by atoms with Gasteiger partial charge in [-0.1, -0.05) is 12.1 Å². The normalized spacial score (nSPS) is 11.1. The van der Waals surface area contributed by atoms with Crippen LogP contribution in [0.1, 0.15) is 5.56 Å². The van der Waals surface area contributed by atoms with Crippen molar-refractivity contribution in [1.82, 2.24) is 9.55 Å². The van der Waals surface area contributed by atoms with Crippen molar-refractivity contribution < 1.29 is 9.13 Å². The van der Waals surface area contributed by atoms with Gasteiger partial charge in [0.05, 0.1) is 17.6 Å². The fourth-order valence-electron chi connectivity index (χ4n) is 2.28. The van der Waals surface area contributed by atoms with Gasteiger partial charge in [0.15, 0.2) is 4.77 Å². The third-order valence-electron chi connectivity index (χ3n) is 3.13. The zero-order valence-electron chi connectivity index (χ0n) is 10.9. The average molecular weight is 288 g/mol. The van der Waals surface area contributed by atoms with E-state index in [0.29, 0.717) is 11.4 Å². The maximum absolute atomic E-state index is 13.5. The molecule has 0 radical (unpaired) electrons. The van der Waals surface area contributed by atoms with Crippen LogP contribution in [0.25, 0.3) is 16.7 Å². The molecule has 0 aliphatic heterocycles. The van der Waals surface area contributed by atoms with Gasteiger partial charge in [0.25, 0.3) is 0 Å². The van der Waals surface area contributed by atoms with Gasteiger partial charge < -0.3 is 9.72 Å². The van der Waals surface area contributed by atoms with E-state index in [1.165, 1.54) is 12.1 Å². The first-order valence-electron chi connectivity index (χ1n) is 6.17. The Balaban J connectivity index is 2.23. The highest BCUT2D eigenvalue weighted by molar-refractivity contribution is 7.71. The largest absolute Gasteiger partial charge is 0.380 e. The number of fused-ring (bicyclic) bond motifs is 1. The molecule has 102 valence electrons. The second kappa shape index (κ2) is 5.19. The molecule has 2 aromatic carbocycles. The van der Waals surface area contributed by atoms with Crippen molar-refractivity contribution in [2.24, 2.45) is 0 Å². The fourth-order valence-corrected chi connectivity index (χ4v) is 2.60. The Morgan fingerprint density at radius 1 is 1.25 bits per heavy atom. The number of hydrogen-bond acceptors (Lipinski definition) is 2. The van der Waals surface area contributed by atoms with Crippen LogP contribution in [0.15, 0.2) is 42.5 Å². The van der Waals surface area contributed by atoms with Crippen LogP contribution in [-0.4, -0.2) is 16.7 Å². The molecule has 1 aromatic heterocycles. The summed E-state index contributed by atoms with van der Waals surface area (Å²) in [5.41, 5.74) is 3.47. The quantitative estimate of drug-likeness (QED) is 0.739. The summed E-state index contributed by atoms with van der Waals surface area (Å²) in [6, 6.07) is 12.4. The fraction of sp³-hybridized carbons (Fsp3) is 0.133. The molecule has 1 N–H and O–H groups in total. The first kappa shape index (κ1) is 13.0. The van der Waals surface area contributed by atoms with Crippen molar-refractivity contribution >= 4 is 23.3 Å². The molecule has 0 spiro atoms. The lowest BCUT2D eigenvalue weighted by atomic mass is 10.2. The second-order valence-corrected chi connectivity index (χ2v) is 4.92. The van der Waals surface area contributed by atoms with Crippen molar-refractivity contribution in [1.29, 1.82) is 0 Å². The molecule has 0 aliphatic rings. The van der Waals surface area contributed by atoms with Gasteiger partial charge in [-0.25, -0.2) is 4.39 Å². The van der Waals surface area contributed by atoms with Crippen LogP contribution in [0, 0.1) is 10.6 Å². The minimum absolute atomic E-state index is 0.284. The maximum Gasteiger partial charge on any atom is 0.182 e. The van der Waals surface area contributed by atoms with Crippen molar-refractivity contribution in [3.63, 3.8) is 0 Å². The number of aromatic amines is 1. The molecule has 0 fully saturated rings. The number of hydrogen-bond donors (Lipinski definition) is 1. The topological polar surface area (TPSA) is 29.9 Å². The smallest absolute Gasteiger partial charge is 0.182 e. The van der Waals surface area contributed by atoms with Crippen molar-refractivity contribution in [2.75, 3.05) is 7.11 Å². The monoisotopic (exact) mass is 288 g/mol. The van der Waals surface area contributed by atoms with Gasteiger partial charge in [0.2, 0.25) is 0 Å². The standard InChI is InChI=1S/C15H13FN2OS/c1-19-9-10-3-2-4-12(7-10)18-14-8-11(16)5-6-13(14)17-15(18)20/h2-8H,9H2,1H3,(H,17,20). The molecule has 20 heavy (non-hydrogen) atoms. The van der Waals surface area contributed by atoms with Crippen LogP contribution in [0.3, 0.4) is 0 Å². The number of nitrogens with one attached hydrogen (secondary N) is 1. The highest BCUT2D eigenvalue weighted by Gasteiger charge is 2.08. The molecular formula is C15H13FN2OS. The van der Waals surface area contributed by atoms with Gasteiger partial charge in [0, 0.05) is 18.9 Å². The van der Waals surface area contributed by atoms with E-state index in [1.807, 2.05) is 28.8 Å². The van der Waals surface area contributed by atoms with Gasteiger partial charge in [0.1, 0.15) is 5.82 Å². The summed E-state index contributed by atoms with van der Waals surface area (Å²) < 4.78 is 21.0. The second-order valence-electron chi connectivity index (χ2n) is 4.53. The molecular weight excluding hydrogens is 275 g/mol. The van der Waals surface area contributed by atoms with E-state index in [2.05, 4.69) is 4.98 Å². The summed E-state index contributed by atoms with van der Waals surface area (Å²) in [5, 5.41) is 0. The molecule has 1 heterocycles. The van der Waals surface area contributed by atoms with E-state index in [1.54, 1.807) is 13.2 Å². The maximum atomic E-state index is 13.5. The molecule has 0 bridgehead atoms. The van der Waals surface area contributed by atoms with Crippen LogP contribution in [0.5, 0.6) is 0 Å². The zero-order chi connectivity index (χ0) is 14.1. The molecule has 0 saturated heterocycles. The van der Waals surface area contributed by atoms with Gasteiger partial charge >= 0.3 is 0 Å². The summed E-state index contributed by atoms with van der Waals surface area (Å²) in [7, 11) is 1.65. The molecule has 3 rings (SSSR count). The van der Waals surface area contributed by atoms with Crippen molar-refractivity contribution in [2.45, 2.75) is 6.61 Å². The minimum atomic E-state index is -0.284.